The maximum absolute atomic E-state index is 12.3. The van der Waals surface area contributed by atoms with Crippen molar-refractivity contribution in [3.63, 3.8) is 0 Å². The lowest BCUT2D eigenvalue weighted by molar-refractivity contribution is 0.102. The van der Waals surface area contributed by atoms with E-state index in [0.717, 1.165) is 4.31 Å². The van der Waals surface area contributed by atoms with Gasteiger partial charge in [0.05, 0.1) is 12.1 Å². The zero-order chi connectivity index (χ0) is 17.9. The Hall–Kier alpha value is -2.09. The van der Waals surface area contributed by atoms with E-state index in [1.54, 1.807) is 31.4 Å². The summed E-state index contributed by atoms with van der Waals surface area (Å²) in [5.41, 5.74) is 0.753. The van der Waals surface area contributed by atoms with Gasteiger partial charge in [0.15, 0.2) is 0 Å². The van der Waals surface area contributed by atoms with E-state index in [-0.39, 0.29) is 15.5 Å². The fourth-order valence-corrected chi connectivity index (χ4v) is 3.31. The number of halogens is 1. The molecule has 2 rings (SSSR count). The van der Waals surface area contributed by atoms with E-state index in [2.05, 4.69) is 5.32 Å². The Morgan fingerprint density at radius 3 is 2.29 bits per heavy atom. The van der Waals surface area contributed by atoms with Crippen LogP contribution in [-0.4, -0.2) is 39.8 Å². The lowest BCUT2D eigenvalue weighted by atomic mass is 10.2. The van der Waals surface area contributed by atoms with E-state index < -0.39 is 15.9 Å². The average molecular weight is 369 g/mol. The number of carbonyl (C=O) groups excluding carboxylic acids is 1. The van der Waals surface area contributed by atoms with Crippen molar-refractivity contribution < 1.29 is 17.9 Å². The number of methoxy groups -OCH3 is 1. The molecule has 0 radical (unpaired) electrons. The van der Waals surface area contributed by atoms with Gasteiger partial charge in [-0.3, -0.25) is 4.79 Å². The number of benzene rings is 2. The topological polar surface area (TPSA) is 75.7 Å². The molecule has 24 heavy (non-hydrogen) atoms. The summed E-state index contributed by atoms with van der Waals surface area (Å²) in [6.45, 7) is 0. The molecule has 0 bridgehead atoms. The summed E-state index contributed by atoms with van der Waals surface area (Å²) in [4.78, 5) is 12.2. The maximum Gasteiger partial charge on any atom is 0.255 e. The number of carbonyl (C=O) groups is 1. The number of anilines is 1. The molecule has 0 aliphatic heterocycles. The van der Waals surface area contributed by atoms with Crippen LogP contribution < -0.4 is 10.1 Å². The fraction of sp³-hybridized carbons (Fsp3) is 0.188. The smallest absolute Gasteiger partial charge is 0.255 e. The van der Waals surface area contributed by atoms with Crippen molar-refractivity contribution in [3.05, 3.63) is 53.1 Å². The normalized spacial score (nSPS) is 11.4. The number of ether oxygens (including phenoxy) is 1. The van der Waals surface area contributed by atoms with Crippen LogP contribution in [-0.2, 0) is 10.0 Å². The van der Waals surface area contributed by atoms with E-state index in [1.165, 1.54) is 32.3 Å². The van der Waals surface area contributed by atoms with Gasteiger partial charge in [-0.05, 0) is 42.5 Å². The Morgan fingerprint density at radius 2 is 1.75 bits per heavy atom. The first-order valence-electron chi connectivity index (χ1n) is 6.93. The molecule has 2 aromatic rings. The van der Waals surface area contributed by atoms with Gasteiger partial charge in [0.1, 0.15) is 10.6 Å². The first-order chi connectivity index (χ1) is 11.3. The summed E-state index contributed by atoms with van der Waals surface area (Å²) in [7, 11) is 0.606. The molecule has 0 aromatic heterocycles. The molecule has 0 saturated carbocycles. The van der Waals surface area contributed by atoms with Crippen LogP contribution >= 0.6 is 11.6 Å². The zero-order valence-electron chi connectivity index (χ0n) is 13.4. The van der Waals surface area contributed by atoms with Crippen molar-refractivity contribution in [2.24, 2.45) is 0 Å². The lowest BCUT2D eigenvalue weighted by Crippen LogP contribution is -2.23. The van der Waals surface area contributed by atoms with E-state index in [4.69, 9.17) is 16.3 Å². The molecule has 0 aliphatic rings. The van der Waals surface area contributed by atoms with Crippen molar-refractivity contribution in [1.29, 1.82) is 0 Å². The largest absolute Gasteiger partial charge is 0.497 e. The van der Waals surface area contributed by atoms with Gasteiger partial charge in [0.25, 0.3) is 5.91 Å². The third-order valence-electron chi connectivity index (χ3n) is 3.30. The summed E-state index contributed by atoms with van der Waals surface area (Å²) in [5, 5.41) is 2.75. The Kier molecular flexibility index (Phi) is 5.48. The Morgan fingerprint density at radius 1 is 1.12 bits per heavy atom. The Labute approximate surface area is 146 Å². The quantitative estimate of drug-likeness (QED) is 0.880. The summed E-state index contributed by atoms with van der Waals surface area (Å²) >= 11 is 5.97. The van der Waals surface area contributed by atoms with Gasteiger partial charge >= 0.3 is 0 Å². The van der Waals surface area contributed by atoms with Crippen molar-refractivity contribution in [2.45, 2.75) is 4.90 Å². The van der Waals surface area contributed by atoms with Gasteiger partial charge in [-0.2, -0.15) is 0 Å². The minimum atomic E-state index is -3.74. The third-order valence-corrected chi connectivity index (χ3v) is 5.60. The van der Waals surface area contributed by atoms with Crippen LogP contribution in [0.5, 0.6) is 5.75 Å². The molecule has 8 heteroatoms. The molecule has 0 heterocycles. The molecule has 0 fully saturated rings. The van der Waals surface area contributed by atoms with E-state index in [0.29, 0.717) is 11.4 Å². The Bertz CT molecular complexity index is 849. The highest BCUT2D eigenvalue weighted by atomic mass is 35.5. The van der Waals surface area contributed by atoms with E-state index in [9.17, 15) is 13.2 Å². The van der Waals surface area contributed by atoms with E-state index >= 15 is 0 Å². The minimum Gasteiger partial charge on any atom is -0.497 e. The second-order valence-electron chi connectivity index (χ2n) is 5.12. The zero-order valence-corrected chi connectivity index (χ0v) is 15.0. The maximum atomic E-state index is 12.3. The first-order valence-corrected chi connectivity index (χ1v) is 8.75. The number of hydrogen-bond acceptors (Lipinski definition) is 4. The van der Waals surface area contributed by atoms with Crippen LogP contribution in [0, 0.1) is 0 Å². The van der Waals surface area contributed by atoms with Crippen LogP contribution in [0.2, 0.25) is 5.02 Å². The summed E-state index contributed by atoms with van der Waals surface area (Å²) in [6.07, 6.45) is 0. The minimum absolute atomic E-state index is 0.0599. The molecule has 1 amide bonds. The third kappa shape index (κ3) is 3.87. The van der Waals surface area contributed by atoms with Crippen LogP contribution in [0.1, 0.15) is 10.4 Å². The van der Waals surface area contributed by atoms with Crippen LogP contribution in [0.15, 0.2) is 47.4 Å². The molecular weight excluding hydrogens is 352 g/mol. The molecule has 0 unspecified atom stereocenters. The van der Waals surface area contributed by atoms with E-state index in [1.807, 2.05) is 0 Å². The second kappa shape index (κ2) is 7.21. The van der Waals surface area contributed by atoms with Gasteiger partial charge in [-0.1, -0.05) is 11.6 Å². The number of hydrogen-bond donors (Lipinski definition) is 1. The van der Waals surface area contributed by atoms with Crippen molar-refractivity contribution >= 4 is 33.2 Å². The lowest BCUT2D eigenvalue weighted by Gasteiger charge is -2.14. The molecule has 128 valence electrons. The molecule has 2 aromatic carbocycles. The number of amides is 1. The standard InChI is InChI=1S/C16H17ClN2O4S/c1-19(2)24(21,22)15-10-11(4-9-14(15)17)16(20)18-12-5-7-13(23-3)8-6-12/h4-10H,1-3H3,(H,18,20). The molecule has 0 atom stereocenters. The summed E-state index contributed by atoms with van der Waals surface area (Å²) < 4.78 is 30.6. The van der Waals surface area contributed by atoms with Crippen molar-refractivity contribution in [1.82, 2.24) is 4.31 Å². The fourth-order valence-electron chi connectivity index (χ4n) is 1.92. The first kappa shape index (κ1) is 18.3. The van der Waals surface area contributed by atoms with Crippen LogP contribution in [0.25, 0.3) is 0 Å². The monoisotopic (exact) mass is 368 g/mol. The molecule has 0 aliphatic carbocycles. The van der Waals surface area contributed by atoms with Crippen LogP contribution in [0.3, 0.4) is 0 Å². The molecule has 0 saturated heterocycles. The SMILES string of the molecule is COc1ccc(NC(=O)c2ccc(Cl)c(S(=O)(=O)N(C)C)c2)cc1. The summed E-state index contributed by atoms with van der Waals surface area (Å²) in [6, 6.07) is 10.9. The van der Waals surface area contributed by atoms with Gasteiger partial charge < -0.3 is 10.1 Å². The van der Waals surface area contributed by atoms with Gasteiger partial charge in [0.2, 0.25) is 10.0 Å². The highest BCUT2D eigenvalue weighted by Crippen LogP contribution is 2.25. The predicted molar refractivity (Wildman–Crippen MR) is 93.3 cm³/mol. The Balaban J connectivity index is 2.30. The number of nitrogens with one attached hydrogen (secondary N) is 1. The van der Waals surface area contributed by atoms with Gasteiger partial charge in [-0.15, -0.1) is 0 Å². The predicted octanol–water partition coefficient (Wildman–Crippen LogP) is 2.85. The number of rotatable bonds is 5. The van der Waals surface area contributed by atoms with Gasteiger partial charge in [0, 0.05) is 25.3 Å². The molecule has 0 spiro atoms. The van der Waals surface area contributed by atoms with Crippen molar-refractivity contribution in [3.8, 4) is 5.75 Å². The molecule has 1 N–H and O–H groups in total. The molecule has 6 nitrogen and oxygen atoms in total. The second-order valence-corrected chi connectivity index (χ2v) is 7.64. The molecular formula is C16H17ClN2O4S. The summed E-state index contributed by atoms with van der Waals surface area (Å²) in [5.74, 6) is 0.228. The van der Waals surface area contributed by atoms with Gasteiger partial charge in [-0.25, -0.2) is 12.7 Å². The average Bonchev–Trinajstić information content (AvgIpc) is 2.55. The highest BCUT2D eigenvalue weighted by Gasteiger charge is 2.22. The van der Waals surface area contributed by atoms with Crippen molar-refractivity contribution in [2.75, 3.05) is 26.5 Å². The number of sulfonamides is 1. The highest BCUT2D eigenvalue weighted by molar-refractivity contribution is 7.89. The number of nitrogens with zero attached hydrogens (tertiary/aromatic N) is 1. The van der Waals surface area contributed by atoms with Crippen LogP contribution in [0.4, 0.5) is 5.69 Å².